The van der Waals surface area contributed by atoms with Crippen LogP contribution in [-0.4, -0.2) is 27.1 Å². The van der Waals surface area contributed by atoms with Crippen molar-refractivity contribution in [3.63, 3.8) is 0 Å². The van der Waals surface area contributed by atoms with Gasteiger partial charge in [0, 0.05) is 6.07 Å². The molecule has 6 nitrogen and oxygen atoms in total. The fourth-order valence-electron chi connectivity index (χ4n) is 1.37. The van der Waals surface area contributed by atoms with Gasteiger partial charge in [-0.3, -0.25) is 0 Å². The molecule has 1 aromatic heterocycles. The zero-order valence-corrected chi connectivity index (χ0v) is 9.61. The van der Waals surface area contributed by atoms with Crippen molar-refractivity contribution in [1.82, 2.24) is 4.98 Å². The van der Waals surface area contributed by atoms with Gasteiger partial charge in [-0.2, -0.15) is 0 Å². The molecule has 0 aliphatic carbocycles. The van der Waals surface area contributed by atoms with Crippen molar-refractivity contribution in [2.24, 2.45) is 0 Å². The Balaban J connectivity index is 2.20. The molecule has 0 aliphatic heterocycles. The Bertz CT molecular complexity index is 638. The molecule has 0 fully saturated rings. The number of phenolic OH excluding ortho intramolecular Hbond substituents is 1. The zero-order valence-electron chi connectivity index (χ0n) is 9.61. The number of pyridine rings is 1. The largest absolute Gasteiger partial charge is 0.508 e. The van der Waals surface area contributed by atoms with E-state index in [1.807, 2.05) is 0 Å². The van der Waals surface area contributed by atoms with E-state index >= 15 is 0 Å². The number of phenols is 1. The summed E-state index contributed by atoms with van der Waals surface area (Å²) in [5.41, 5.74) is -0.367. The lowest BCUT2D eigenvalue weighted by Crippen LogP contribution is -2.13. The van der Waals surface area contributed by atoms with Crippen molar-refractivity contribution in [3.05, 3.63) is 53.9 Å². The molecule has 0 spiro atoms. The summed E-state index contributed by atoms with van der Waals surface area (Å²) in [6.07, 6.45) is 0. The molecule has 96 valence electrons. The minimum atomic E-state index is -1.23. The third-order valence-corrected chi connectivity index (χ3v) is 2.21. The van der Waals surface area contributed by atoms with Gasteiger partial charge in [0.15, 0.2) is 0 Å². The van der Waals surface area contributed by atoms with Gasteiger partial charge < -0.3 is 14.9 Å². The highest BCUT2D eigenvalue weighted by Crippen LogP contribution is 2.18. The van der Waals surface area contributed by atoms with E-state index in [0.29, 0.717) is 0 Å². The van der Waals surface area contributed by atoms with Crippen molar-refractivity contribution in [1.29, 1.82) is 0 Å². The summed E-state index contributed by atoms with van der Waals surface area (Å²) in [7, 11) is 0. The molecule has 0 amide bonds. The molecular weight excluding hydrogens is 250 g/mol. The number of nitrogens with zero attached hydrogens (tertiary/aromatic N) is 1. The van der Waals surface area contributed by atoms with E-state index in [9.17, 15) is 14.7 Å². The highest BCUT2D eigenvalue weighted by atomic mass is 16.5. The number of aromatic carboxylic acids is 1. The number of benzene rings is 1. The molecule has 0 saturated heterocycles. The van der Waals surface area contributed by atoms with Crippen LogP contribution in [0.3, 0.4) is 0 Å². The van der Waals surface area contributed by atoms with Gasteiger partial charge in [-0.25, -0.2) is 14.6 Å². The number of carboxylic acid groups (broad SMARTS) is 1. The summed E-state index contributed by atoms with van der Waals surface area (Å²) in [6.45, 7) is 0. The number of hydrogen-bond acceptors (Lipinski definition) is 5. The maximum Gasteiger partial charge on any atom is 0.362 e. The standard InChI is InChI=1S/C13H9NO5/c15-8-3-1-4-9(7-8)19-13(18)11-6-2-5-10(14-11)12(16)17/h1-7,15H,(H,16,17). The first-order valence-corrected chi connectivity index (χ1v) is 5.28. The van der Waals surface area contributed by atoms with Gasteiger partial charge >= 0.3 is 11.9 Å². The minimum absolute atomic E-state index is 0.0439. The number of carboxylic acids is 1. The molecule has 2 rings (SSSR count). The molecule has 2 N–H and O–H groups in total. The Kier molecular flexibility index (Phi) is 3.42. The fraction of sp³-hybridized carbons (Fsp3) is 0. The second-order valence-corrected chi connectivity index (χ2v) is 3.60. The van der Waals surface area contributed by atoms with Gasteiger partial charge in [0.2, 0.25) is 0 Å². The van der Waals surface area contributed by atoms with E-state index < -0.39 is 11.9 Å². The normalized spacial score (nSPS) is 9.89. The van der Waals surface area contributed by atoms with Crippen molar-refractivity contribution < 1.29 is 24.5 Å². The molecule has 0 radical (unpaired) electrons. The molecule has 1 heterocycles. The number of hydrogen-bond donors (Lipinski definition) is 2. The average molecular weight is 259 g/mol. The number of carbonyl (C=O) groups excluding carboxylic acids is 1. The fourth-order valence-corrected chi connectivity index (χ4v) is 1.37. The van der Waals surface area contributed by atoms with Gasteiger partial charge in [0.05, 0.1) is 0 Å². The summed E-state index contributed by atoms with van der Waals surface area (Å²) < 4.78 is 4.96. The second kappa shape index (κ2) is 5.18. The van der Waals surface area contributed by atoms with Crippen LogP contribution in [-0.2, 0) is 0 Å². The van der Waals surface area contributed by atoms with Crippen LogP contribution < -0.4 is 4.74 Å². The Labute approximate surface area is 107 Å². The first kappa shape index (κ1) is 12.6. The molecule has 0 bridgehead atoms. The van der Waals surface area contributed by atoms with Crippen molar-refractivity contribution in [2.75, 3.05) is 0 Å². The van der Waals surface area contributed by atoms with E-state index in [0.717, 1.165) is 0 Å². The molecule has 0 unspecified atom stereocenters. The number of carbonyl (C=O) groups is 2. The topological polar surface area (TPSA) is 96.7 Å². The van der Waals surface area contributed by atoms with Crippen molar-refractivity contribution in [3.8, 4) is 11.5 Å². The quantitative estimate of drug-likeness (QED) is 0.643. The Morgan fingerprint density at radius 2 is 1.74 bits per heavy atom. The molecule has 1 aromatic carbocycles. The van der Waals surface area contributed by atoms with E-state index in [4.69, 9.17) is 9.84 Å². The molecule has 0 aliphatic rings. The smallest absolute Gasteiger partial charge is 0.362 e. The van der Waals surface area contributed by atoms with Crippen LogP contribution in [0, 0.1) is 0 Å². The zero-order chi connectivity index (χ0) is 13.8. The van der Waals surface area contributed by atoms with Crippen LogP contribution in [0.5, 0.6) is 11.5 Å². The van der Waals surface area contributed by atoms with Crippen LogP contribution in [0.15, 0.2) is 42.5 Å². The minimum Gasteiger partial charge on any atom is -0.508 e. The molecule has 0 saturated carbocycles. The maximum absolute atomic E-state index is 11.7. The highest BCUT2D eigenvalue weighted by Gasteiger charge is 2.13. The lowest BCUT2D eigenvalue weighted by Gasteiger charge is -2.04. The molecular formula is C13H9NO5. The van der Waals surface area contributed by atoms with E-state index in [1.54, 1.807) is 0 Å². The highest BCUT2D eigenvalue weighted by molar-refractivity contribution is 5.91. The Morgan fingerprint density at radius 3 is 2.42 bits per heavy atom. The Morgan fingerprint density at radius 1 is 1.05 bits per heavy atom. The summed E-state index contributed by atoms with van der Waals surface area (Å²) in [4.78, 5) is 26.1. The maximum atomic E-state index is 11.7. The predicted octanol–water partition coefficient (Wildman–Crippen LogP) is 1.70. The van der Waals surface area contributed by atoms with Gasteiger partial charge in [0.1, 0.15) is 22.9 Å². The first-order chi connectivity index (χ1) is 9.06. The van der Waals surface area contributed by atoms with Gasteiger partial charge in [-0.05, 0) is 24.3 Å². The molecule has 0 atom stereocenters. The monoisotopic (exact) mass is 259 g/mol. The van der Waals surface area contributed by atoms with Gasteiger partial charge in [-0.15, -0.1) is 0 Å². The van der Waals surface area contributed by atoms with E-state index in [-0.39, 0.29) is 22.9 Å². The molecule has 6 heteroatoms. The third-order valence-electron chi connectivity index (χ3n) is 2.21. The van der Waals surface area contributed by atoms with E-state index in [1.165, 1.54) is 42.5 Å². The van der Waals surface area contributed by atoms with Crippen molar-refractivity contribution in [2.45, 2.75) is 0 Å². The SMILES string of the molecule is O=C(O)c1cccc(C(=O)Oc2cccc(O)c2)n1. The van der Waals surface area contributed by atoms with Crippen LogP contribution in [0.25, 0.3) is 0 Å². The second-order valence-electron chi connectivity index (χ2n) is 3.60. The number of aromatic nitrogens is 1. The van der Waals surface area contributed by atoms with Crippen molar-refractivity contribution >= 4 is 11.9 Å². The lowest BCUT2D eigenvalue weighted by atomic mass is 10.3. The molecule has 19 heavy (non-hydrogen) atoms. The van der Waals surface area contributed by atoms with Crippen LogP contribution in [0.2, 0.25) is 0 Å². The number of ether oxygens (including phenoxy) is 1. The summed E-state index contributed by atoms with van der Waals surface area (Å²) in [5, 5.41) is 18.0. The summed E-state index contributed by atoms with van der Waals surface area (Å²) >= 11 is 0. The number of rotatable bonds is 3. The molecule has 2 aromatic rings. The van der Waals surface area contributed by atoms with Crippen LogP contribution in [0.1, 0.15) is 21.0 Å². The van der Waals surface area contributed by atoms with Gasteiger partial charge in [-0.1, -0.05) is 12.1 Å². The lowest BCUT2D eigenvalue weighted by molar-refractivity contribution is 0.0689. The summed E-state index contributed by atoms with van der Waals surface area (Å²) in [5.74, 6) is -1.93. The predicted molar refractivity (Wildman–Crippen MR) is 64.3 cm³/mol. The number of aromatic hydroxyl groups is 1. The first-order valence-electron chi connectivity index (χ1n) is 5.28. The Hall–Kier alpha value is -2.89. The summed E-state index contributed by atoms with van der Waals surface area (Å²) in [6, 6.07) is 9.71. The number of esters is 1. The average Bonchev–Trinajstić information content (AvgIpc) is 2.39. The van der Waals surface area contributed by atoms with Crippen LogP contribution >= 0.6 is 0 Å². The van der Waals surface area contributed by atoms with Crippen LogP contribution in [0.4, 0.5) is 0 Å². The van der Waals surface area contributed by atoms with E-state index in [2.05, 4.69) is 4.98 Å². The third kappa shape index (κ3) is 3.06. The van der Waals surface area contributed by atoms with Gasteiger partial charge in [0.25, 0.3) is 0 Å².